The summed E-state index contributed by atoms with van der Waals surface area (Å²) in [5.74, 6) is -0.537. The number of hydrogen-bond donors (Lipinski definition) is 2. The maximum atomic E-state index is 13.1. The first-order chi connectivity index (χ1) is 12.5. The fraction of sp³-hybridized carbons (Fsp3) is 0.650. The molecule has 2 fully saturated rings. The van der Waals surface area contributed by atoms with Crippen LogP contribution >= 0.6 is 0 Å². The minimum absolute atomic E-state index is 0.135. The number of ether oxygens (including phenoxy) is 1. The van der Waals surface area contributed by atoms with E-state index in [0.717, 1.165) is 37.7 Å². The van der Waals surface area contributed by atoms with Gasteiger partial charge >= 0.3 is 0 Å². The molecule has 1 saturated heterocycles. The lowest BCUT2D eigenvalue weighted by molar-refractivity contribution is -0.157. The van der Waals surface area contributed by atoms with Crippen molar-refractivity contribution in [2.75, 3.05) is 26.8 Å². The Morgan fingerprint density at radius 2 is 1.88 bits per heavy atom. The summed E-state index contributed by atoms with van der Waals surface area (Å²) < 4.78 is 18.4. The van der Waals surface area contributed by atoms with Crippen molar-refractivity contribution >= 4 is 5.91 Å². The fourth-order valence-electron chi connectivity index (χ4n) is 4.22. The first-order valence-corrected chi connectivity index (χ1v) is 9.47. The van der Waals surface area contributed by atoms with Gasteiger partial charge < -0.3 is 20.1 Å². The summed E-state index contributed by atoms with van der Waals surface area (Å²) in [7, 11) is 1.69. The molecule has 0 bridgehead atoms. The molecule has 1 atom stereocenters. The first-order valence-electron chi connectivity index (χ1n) is 9.47. The number of hydrogen-bond acceptors (Lipinski definition) is 4. The van der Waals surface area contributed by atoms with Gasteiger partial charge in [-0.05, 0) is 43.4 Å². The number of aliphatic hydroxyl groups is 1. The van der Waals surface area contributed by atoms with E-state index in [1.165, 1.54) is 12.1 Å². The Morgan fingerprint density at radius 3 is 2.54 bits per heavy atom. The van der Waals surface area contributed by atoms with E-state index in [0.29, 0.717) is 26.1 Å². The lowest BCUT2D eigenvalue weighted by atomic mass is 9.89. The van der Waals surface area contributed by atoms with Gasteiger partial charge in [-0.1, -0.05) is 25.0 Å². The minimum atomic E-state index is -1.39. The Balaban J connectivity index is 1.64. The summed E-state index contributed by atoms with van der Waals surface area (Å²) in [5, 5.41) is 14.5. The molecular formula is C20H29FN2O3. The van der Waals surface area contributed by atoms with E-state index in [1.54, 1.807) is 24.1 Å². The molecule has 2 aliphatic rings. The minimum Gasteiger partial charge on any atom is -0.383 e. The van der Waals surface area contributed by atoms with Crippen LogP contribution in [0.15, 0.2) is 24.3 Å². The van der Waals surface area contributed by atoms with E-state index in [1.807, 2.05) is 0 Å². The van der Waals surface area contributed by atoms with Gasteiger partial charge in [0.05, 0.1) is 6.61 Å². The average Bonchev–Trinajstić information content (AvgIpc) is 3.09. The van der Waals surface area contributed by atoms with Crippen LogP contribution < -0.4 is 5.32 Å². The maximum Gasteiger partial charge on any atom is 0.256 e. The van der Waals surface area contributed by atoms with Crippen LogP contribution in [-0.4, -0.2) is 53.9 Å². The number of halogens is 1. The Kier molecular flexibility index (Phi) is 5.95. The highest BCUT2D eigenvalue weighted by Crippen LogP contribution is 2.31. The zero-order valence-corrected chi connectivity index (χ0v) is 15.5. The Labute approximate surface area is 154 Å². The summed E-state index contributed by atoms with van der Waals surface area (Å²) in [6.07, 6.45) is 5.50. The van der Waals surface area contributed by atoms with E-state index < -0.39 is 5.60 Å². The van der Waals surface area contributed by atoms with E-state index in [-0.39, 0.29) is 23.8 Å². The van der Waals surface area contributed by atoms with Crippen LogP contribution in [0.5, 0.6) is 0 Å². The molecule has 26 heavy (non-hydrogen) atoms. The Morgan fingerprint density at radius 1 is 1.19 bits per heavy atom. The second-order valence-corrected chi connectivity index (χ2v) is 7.76. The molecule has 0 radical (unpaired) electrons. The van der Waals surface area contributed by atoms with Crippen molar-refractivity contribution in [3.05, 3.63) is 35.6 Å². The van der Waals surface area contributed by atoms with Crippen molar-refractivity contribution in [2.45, 2.75) is 56.2 Å². The number of methoxy groups -OCH3 is 1. The van der Waals surface area contributed by atoms with Crippen LogP contribution in [0.4, 0.5) is 4.39 Å². The molecule has 2 N–H and O–H groups in total. The van der Waals surface area contributed by atoms with Crippen molar-refractivity contribution in [3.8, 4) is 0 Å². The lowest BCUT2D eigenvalue weighted by Crippen LogP contribution is -2.61. The summed E-state index contributed by atoms with van der Waals surface area (Å²) in [4.78, 5) is 14.6. The van der Waals surface area contributed by atoms with Crippen molar-refractivity contribution in [2.24, 2.45) is 0 Å². The van der Waals surface area contributed by atoms with E-state index >= 15 is 0 Å². The number of likely N-dealkylation sites (tertiary alicyclic amines) is 1. The molecule has 1 aromatic carbocycles. The van der Waals surface area contributed by atoms with Crippen molar-refractivity contribution in [1.82, 2.24) is 10.2 Å². The van der Waals surface area contributed by atoms with Crippen LogP contribution in [0.3, 0.4) is 0 Å². The summed E-state index contributed by atoms with van der Waals surface area (Å²) in [6.45, 7) is 1.85. The van der Waals surface area contributed by atoms with E-state index in [4.69, 9.17) is 4.74 Å². The zero-order chi connectivity index (χ0) is 18.6. The SMILES string of the molecule is COCC1(NC[C@]2(O)CCCN(Cc3ccc(F)cc3)C2=O)CCCC1. The predicted octanol–water partition coefficient (Wildman–Crippen LogP) is 2.23. The molecule has 1 aliphatic carbocycles. The smallest absolute Gasteiger partial charge is 0.256 e. The molecule has 0 unspecified atom stereocenters. The van der Waals surface area contributed by atoms with Gasteiger partial charge in [0.1, 0.15) is 5.82 Å². The molecule has 144 valence electrons. The third kappa shape index (κ3) is 4.24. The fourth-order valence-corrected chi connectivity index (χ4v) is 4.22. The number of β-amino-alcohol motifs (C(OH)–C–C–N with tert-alkyl or cyclic N) is 1. The number of nitrogens with zero attached hydrogens (tertiary/aromatic N) is 1. The van der Waals surface area contributed by atoms with Gasteiger partial charge in [0.15, 0.2) is 5.60 Å². The molecule has 0 aromatic heterocycles. The normalized spacial score (nSPS) is 25.7. The quantitative estimate of drug-likeness (QED) is 0.779. The maximum absolute atomic E-state index is 13.1. The van der Waals surface area contributed by atoms with Crippen LogP contribution in [0, 0.1) is 5.82 Å². The molecule has 3 rings (SSSR count). The van der Waals surface area contributed by atoms with Crippen molar-refractivity contribution in [1.29, 1.82) is 0 Å². The zero-order valence-electron chi connectivity index (χ0n) is 15.5. The number of piperidine rings is 1. The molecule has 5 nitrogen and oxygen atoms in total. The van der Waals surface area contributed by atoms with E-state index in [2.05, 4.69) is 5.32 Å². The molecule has 1 aliphatic heterocycles. The van der Waals surface area contributed by atoms with Crippen LogP contribution in [0.1, 0.15) is 44.1 Å². The molecular weight excluding hydrogens is 335 g/mol. The Hall–Kier alpha value is -1.50. The number of nitrogens with one attached hydrogen (secondary N) is 1. The van der Waals surface area contributed by atoms with Crippen molar-refractivity contribution < 1.29 is 19.0 Å². The van der Waals surface area contributed by atoms with Gasteiger partial charge in [-0.3, -0.25) is 4.79 Å². The molecule has 0 spiro atoms. The second-order valence-electron chi connectivity index (χ2n) is 7.76. The monoisotopic (exact) mass is 364 g/mol. The number of carbonyl (C=O) groups is 1. The van der Waals surface area contributed by atoms with Crippen LogP contribution in [0.25, 0.3) is 0 Å². The van der Waals surface area contributed by atoms with Gasteiger partial charge in [-0.15, -0.1) is 0 Å². The highest BCUT2D eigenvalue weighted by atomic mass is 19.1. The molecule has 1 heterocycles. The topological polar surface area (TPSA) is 61.8 Å². The molecule has 6 heteroatoms. The second kappa shape index (κ2) is 8.03. The van der Waals surface area contributed by atoms with Crippen LogP contribution in [0.2, 0.25) is 0 Å². The average molecular weight is 364 g/mol. The lowest BCUT2D eigenvalue weighted by Gasteiger charge is -2.41. The third-order valence-corrected chi connectivity index (χ3v) is 5.73. The van der Waals surface area contributed by atoms with Gasteiger partial charge in [-0.2, -0.15) is 0 Å². The summed E-state index contributed by atoms with van der Waals surface area (Å²) >= 11 is 0. The highest BCUT2D eigenvalue weighted by Gasteiger charge is 2.44. The standard InChI is InChI=1S/C20H29FN2O3/c1-26-15-19(9-2-3-10-19)22-14-20(25)11-4-12-23(18(20)24)13-16-5-7-17(21)8-6-16/h5-8,22,25H,2-4,9-15H2,1H3/t20-/m1/s1. The van der Waals surface area contributed by atoms with E-state index in [9.17, 15) is 14.3 Å². The summed E-state index contributed by atoms with van der Waals surface area (Å²) in [5.41, 5.74) is -0.658. The van der Waals surface area contributed by atoms with Gasteiger partial charge in [0.25, 0.3) is 5.91 Å². The molecule has 1 saturated carbocycles. The van der Waals surface area contributed by atoms with Crippen molar-refractivity contribution in [3.63, 3.8) is 0 Å². The number of benzene rings is 1. The van der Waals surface area contributed by atoms with Gasteiger partial charge in [-0.25, -0.2) is 4.39 Å². The third-order valence-electron chi connectivity index (χ3n) is 5.73. The highest BCUT2D eigenvalue weighted by molar-refractivity contribution is 5.86. The molecule has 1 aromatic rings. The Bertz CT molecular complexity index is 616. The predicted molar refractivity (Wildman–Crippen MR) is 97.1 cm³/mol. The number of rotatable bonds is 7. The number of carbonyl (C=O) groups excluding carboxylic acids is 1. The summed E-state index contributed by atoms with van der Waals surface area (Å²) in [6, 6.07) is 6.15. The van der Waals surface area contributed by atoms with Crippen LogP contribution in [-0.2, 0) is 16.1 Å². The molecule has 1 amide bonds. The largest absolute Gasteiger partial charge is 0.383 e. The number of amides is 1. The van der Waals surface area contributed by atoms with Gasteiger partial charge in [0.2, 0.25) is 0 Å². The first kappa shape index (κ1) is 19.3. The van der Waals surface area contributed by atoms with Gasteiger partial charge in [0, 0.05) is 32.3 Å².